The zero-order valence-corrected chi connectivity index (χ0v) is 8.65. The Bertz CT molecular complexity index is 288. The van der Waals surface area contributed by atoms with Crippen LogP contribution in [0.2, 0.25) is 0 Å². The summed E-state index contributed by atoms with van der Waals surface area (Å²) >= 11 is 0. The zero-order chi connectivity index (χ0) is 10.9. The third-order valence-electron chi connectivity index (χ3n) is 1.08. The van der Waals surface area contributed by atoms with Crippen molar-refractivity contribution in [3.63, 3.8) is 0 Å². The molecule has 0 unspecified atom stereocenters. The minimum Gasteiger partial charge on any atom is -0.301 e. The average molecular weight is 213 g/mol. The fraction of sp³-hybridized carbons (Fsp3) is 0.222. The van der Waals surface area contributed by atoms with Gasteiger partial charge in [0.1, 0.15) is 0 Å². The molecular weight excluding hydrogens is 201 g/mol. The molecule has 0 aliphatic rings. The molecule has 0 amide bonds. The largest absolute Gasteiger partial charge is 0.355 e. The second kappa shape index (κ2) is 7.28. The molecule has 0 saturated carbocycles. The summed E-state index contributed by atoms with van der Waals surface area (Å²) in [4.78, 5) is 0. The van der Waals surface area contributed by atoms with Gasteiger partial charge in [-0.05, 0) is 0 Å². The molecule has 0 aromatic carbocycles. The van der Waals surface area contributed by atoms with Crippen molar-refractivity contribution >= 4 is 7.60 Å². The van der Waals surface area contributed by atoms with Gasteiger partial charge in [-0.3, -0.25) is 4.57 Å². The van der Waals surface area contributed by atoms with Gasteiger partial charge in [-0.25, -0.2) is 0 Å². The molecule has 14 heavy (non-hydrogen) atoms. The molecule has 0 aliphatic carbocycles. The van der Waals surface area contributed by atoms with E-state index in [4.69, 9.17) is 14.3 Å². The molecule has 0 fully saturated rings. The predicted octanol–water partition coefficient (Wildman–Crippen LogP) is 2.62. The fourth-order valence-corrected chi connectivity index (χ4v) is 1.68. The van der Waals surface area contributed by atoms with Gasteiger partial charge < -0.3 is 9.05 Å². The van der Waals surface area contributed by atoms with E-state index in [0.29, 0.717) is 0 Å². The van der Waals surface area contributed by atoms with Gasteiger partial charge in [0.25, 0.3) is 0 Å². The van der Waals surface area contributed by atoms with E-state index in [1.54, 1.807) is 6.07 Å². The molecule has 76 valence electrons. The number of nitriles is 1. The Morgan fingerprint density at radius 2 is 1.79 bits per heavy atom. The molecule has 0 N–H and O–H groups in total. The molecule has 0 rings (SSSR count). The molecule has 4 nitrogen and oxygen atoms in total. The van der Waals surface area contributed by atoms with E-state index in [9.17, 15) is 4.57 Å². The summed E-state index contributed by atoms with van der Waals surface area (Å²) in [5.74, 6) is 1.11. The van der Waals surface area contributed by atoms with E-state index in [1.165, 1.54) is 12.2 Å². The zero-order valence-electron chi connectivity index (χ0n) is 7.76. The van der Waals surface area contributed by atoms with Gasteiger partial charge >= 0.3 is 7.60 Å². The van der Waals surface area contributed by atoms with E-state index in [2.05, 4.69) is 13.2 Å². The Morgan fingerprint density at radius 1 is 1.29 bits per heavy atom. The highest BCUT2D eigenvalue weighted by Gasteiger charge is 2.18. The lowest BCUT2D eigenvalue weighted by Crippen LogP contribution is -1.93. The molecule has 0 heterocycles. The van der Waals surface area contributed by atoms with Crippen molar-refractivity contribution in [1.82, 2.24) is 0 Å². The van der Waals surface area contributed by atoms with Crippen molar-refractivity contribution in [3.05, 3.63) is 37.2 Å². The van der Waals surface area contributed by atoms with Crippen LogP contribution in [0.5, 0.6) is 0 Å². The van der Waals surface area contributed by atoms with E-state index < -0.39 is 7.60 Å². The summed E-state index contributed by atoms with van der Waals surface area (Å²) in [6.07, 6.45) is 3.96. The first-order valence-corrected chi connectivity index (χ1v) is 5.47. The monoisotopic (exact) mass is 213 g/mol. The molecule has 0 spiro atoms. The highest BCUT2D eigenvalue weighted by atomic mass is 31.2. The Morgan fingerprint density at radius 3 is 2.14 bits per heavy atom. The number of hydrogen-bond donors (Lipinski definition) is 0. The SMILES string of the molecule is C=CCOP(=O)(C=CC#N)OCC=C. The lowest BCUT2D eigenvalue weighted by atomic mass is 10.7. The quantitative estimate of drug-likeness (QED) is 0.370. The van der Waals surface area contributed by atoms with Crippen LogP contribution in [0, 0.1) is 11.3 Å². The molecule has 0 aliphatic heterocycles. The van der Waals surface area contributed by atoms with Gasteiger partial charge in [0.05, 0.1) is 19.3 Å². The van der Waals surface area contributed by atoms with Crippen LogP contribution in [0.4, 0.5) is 0 Å². The maximum Gasteiger partial charge on any atom is 0.355 e. The molecule has 0 aromatic heterocycles. The van der Waals surface area contributed by atoms with Gasteiger partial charge in [0.2, 0.25) is 0 Å². The van der Waals surface area contributed by atoms with Crippen LogP contribution in [-0.2, 0) is 13.6 Å². The van der Waals surface area contributed by atoms with Gasteiger partial charge in [0, 0.05) is 11.9 Å². The minimum atomic E-state index is -3.31. The summed E-state index contributed by atoms with van der Waals surface area (Å²) in [5, 5.41) is 8.27. The lowest BCUT2D eigenvalue weighted by Gasteiger charge is -2.11. The van der Waals surface area contributed by atoms with Crippen LogP contribution in [-0.4, -0.2) is 13.2 Å². The van der Waals surface area contributed by atoms with Crippen molar-refractivity contribution in [1.29, 1.82) is 5.26 Å². The topological polar surface area (TPSA) is 59.3 Å². The predicted molar refractivity (Wildman–Crippen MR) is 54.7 cm³/mol. The molecule has 0 aromatic rings. The molecular formula is C9H12NO3P. The molecule has 0 bridgehead atoms. The van der Waals surface area contributed by atoms with Crippen LogP contribution in [0.1, 0.15) is 0 Å². The standard InChI is InChI=1S/C9H12NO3P/c1-3-7-12-14(11,9-5-6-10)13-8-4-2/h3-5,9H,1-2,7-8H2. The van der Waals surface area contributed by atoms with E-state index >= 15 is 0 Å². The van der Waals surface area contributed by atoms with Crippen LogP contribution < -0.4 is 0 Å². The first-order valence-electron chi connectivity index (χ1n) is 3.86. The number of allylic oxidation sites excluding steroid dienone is 1. The maximum atomic E-state index is 11.7. The molecule has 5 heteroatoms. The summed E-state index contributed by atoms with van der Waals surface area (Å²) in [7, 11) is -3.31. The highest BCUT2D eigenvalue weighted by Crippen LogP contribution is 2.49. The second-order valence-corrected chi connectivity index (χ2v) is 4.05. The first-order chi connectivity index (χ1) is 6.68. The summed E-state index contributed by atoms with van der Waals surface area (Å²) < 4.78 is 21.5. The van der Waals surface area contributed by atoms with Crippen molar-refractivity contribution in [2.24, 2.45) is 0 Å². The minimum absolute atomic E-state index is 0.101. The van der Waals surface area contributed by atoms with Gasteiger partial charge in [-0.1, -0.05) is 12.2 Å². The van der Waals surface area contributed by atoms with Crippen LogP contribution in [0.3, 0.4) is 0 Å². The normalized spacial score (nSPS) is 11.1. The smallest absolute Gasteiger partial charge is 0.301 e. The summed E-state index contributed by atoms with van der Waals surface area (Å²) in [6.45, 7) is 7.03. The summed E-state index contributed by atoms with van der Waals surface area (Å²) in [6, 6.07) is 1.71. The fourth-order valence-electron chi connectivity index (χ4n) is 0.561. The summed E-state index contributed by atoms with van der Waals surface area (Å²) in [5.41, 5.74) is 0. The number of rotatable bonds is 7. The van der Waals surface area contributed by atoms with Gasteiger partial charge in [0.15, 0.2) is 0 Å². The van der Waals surface area contributed by atoms with Crippen molar-refractivity contribution in [3.8, 4) is 6.07 Å². The van der Waals surface area contributed by atoms with Crippen molar-refractivity contribution in [2.75, 3.05) is 13.2 Å². The molecule has 0 saturated heterocycles. The third kappa shape index (κ3) is 5.50. The van der Waals surface area contributed by atoms with Crippen LogP contribution in [0.15, 0.2) is 37.2 Å². The third-order valence-corrected chi connectivity index (χ3v) is 2.61. The van der Waals surface area contributed by atoms with Crippen molar-refractivity contribution < 1.29 is 13.6 Å². The van der Waals surface area contributed by atoms with E-state index in [1.807, 2.05) is 0 Å². The lowest BCUT2D eigenvalue weighted by molar-refractivity contribution is 0.246. The first kappa shape index (κ1) is 12.9. The van der Waals surface area contributed by atoms with Gasteiger partial charge in [-0.2, -0.15) is 5.26 Å². The number of hydrogen-bond acceptors (Lipinski definition) is 4. The number of nitrogens with zero attached hydrogens (tertiary/aromatic N) is 1. The Labute approximate surface area is 83.7 Å². The molecule has 0 atom stereocenters. The van der Waals surface area contributed by atoms with E-state index in [0.717, 1.165) is 11.9 Å². The van der Waals surface area contributed by atoms with Crippen LogP contribution >= 0.6 is 7.60 Å². The second-order valence-electron chi connectivity index (χ2n) is 2.15. The Balaban J connectivity index is 4.41. The van der Waals surface area contributed by atoms with Crippen LogP contribution in [0.25, 0.3) is 0 Å². The Kier molecular flexibility index (Phi) is 6.69. The molecule has 0 radical (unpaired) electrons. The van der Waals surface area contributed by atoms with E-state index in [-0.39, 0.29) is 13.2 Å². The van der Waals surface area contributed by atoms with Gasteiger partial charge in [-0.15, -0.1) is 13.2 Å². The highest BCUT2D eigenvalue weighted by molar-refractivity contribution is 7.57. The van der Waals surface area contributed by atoms with Crippen molar-refractivity contribution in [2.45, 2.75) is 0 Å². The maximum absolute atomic E-state index is 11.7. The Hall–Kier alpha value is -1.14. The average Bonchev–Trinajstić information content (AvgIpc) is 2.21.